The number of amides is 1. The molecule has 0 aliphatic heterocycles. The highest BCUT2D eigenvalue weighted by molar-refractivity contribution is 8.00. The molecule has 0 saturated heterocycles. The molecule has 1 aromatic carbocycles. The third-order valence-electron chi connectivity index (χ3n) is 4.21. The monoisotopic (exact) mass is 396 g/mol. The molecule has 1 unspecified atom stereocenters. The fourth-order valence-corrected chi connectivity index (χ4v) is 3.89. The summed E-state index contributed by atoms with van der Waals surface area (Å²) >= 11 is 7.28. The quantitative estimate of drug-likeness (QED) is 0.451. The molecule has 1 N–H and O–H groups in total. The molecule has 0 radical (unpaired) electrons. The molecule has 1 heterocycles. The highest BCUT2D eigenvalue weighted by atomic mass is 35.5. The van der Waals surface area contributed by atoms with E-state index in [4.69, 9.17) is 11.6 Å². The maximum atomic E-state index is 12.4. The summed E-state index contributed by atoms with van der Waals surface area (Å²) in [7, 11) is 0. The summed E-state index contributed by atoms with van der Waals surface area (Å²) in [5, 5.41) is 25.5. The molecule has 1 aliphatic carbocycles. The van der Waals surface area contributed by atoms with Crippen LogP contribution in [0.5, 0.6) is 0 Å². The molecule has 1 saturated carbocycles. The first kappa shape index (κ1) is 18.6. The van der Waals surface area contributed by atoms with Crippen molar-refractivity contribution in [3.63, 3.8) is 0 Å². The Hall–Kier alpha value is -2.20. The molecule has 138 valence electrons. The normalized spacial score (nSPS) is 15.8. The fraction of sp³-hybridized carbons (Fsp3) is 0.467. The third kappa shape index (κ3) is 4.13. The molecule has 1 aromatic heterocycles. The highest BCUT2D eigenvalue weighted by Gasteiger charge is 2.25. The minimum absolute atomic E-state index is 0.112. The molecule has 1 atom stereocenters. The summed E-state index contributed by atoms with van der Waals surface area (Å²) in [5.74, 6) is -0.285. The van der Waals surface area contributed by atoms with Crippen LogP contribution in [0.15, 0.2) is 23.4 Å². The number of hydrogen-bond acceptors (Lipinski definition) is 7. The van der Waals surface area contributed by atoms with Crippen molar-refractivity contribution in [2.75, 3.05) is 5.32 Å². The van der Waals surface area contributed by atoms with Crippen LogP contribution in [0.2, 0.25) is 5.02 Å². The summed E-state index contributed by atoms with van der Waals surface area (Å²) in [6.45, 7) is 1.74. The van der Waals surface area contributed by atoms with Crippen molar-refractivity contribution in [1.82, 2.24) is 20.2 Å². The van der Waals surface area contributed by atoms with Crippen LogP contribution in [0.1, 0.15) is 38.6 Å². The lowest BCUT2D eigenvalue weighted by molar-refractivity contribution is -0.384. The maximum absolute atomic E-state index is 12.4. The summed E-state index contributed by atoms with van der Waals surface area (Å²) in [6.07, 6.45) is 4.39. The van der Waals surface area contributed by atoms with Crippen LogP contribution >= 0.6 is 23.4 Å². The molecular formula is C15H17ClN6O3S. The van der Waals surface area contributed by atoms with Crippen LogP contribution in [-0.2, 0) is 4.79 Å². The Labute approximate surface area is 158 Å². The zero-order valence-electron chi connectivity index (χ0n) is 14.0. The first-order valence-electron chi connectivity index (χ1n) is 8.15. The van der Waals surface area contributed by atoms with Gasteiger partial charge >= 0.3 is 0 Å². The van der Waals surface area contributed by atoms with E-state index in [1.807, 2.05) is 0 Å². The van der Waals surface area contributed by atoms with Crippen molar-refractivity contribution in [2.24, 2.45) is 0 Å². The molecule has 9 nitrogen and oxygen atoms in total. The van der Waals surface area contributed by atoms with Crippen LogP contribution in [0.4, 0.5) is 11.4 Å². The molecule has 0 bridgehead atoms. The van der Waals surface area contributed by atoms with Gasteiger partial charge in [-0.15, -0.1) is 5.10 Å². The van der Waals surface area contributed by atoms with Gasteiger partial charge in [0, 0.05) is 12.1 Å². The van der Waals surface area contributed by atoms with Crippen molar-refractivity contribution < 1.29 is 9.72 Å². The average molecular weight is 397 g/mol. The smallest absolute Gasteiger partial charge is 0.271 e. The van der Waals surface area contributed by atoms with Gasteiger partial charge in [-0.1, -0.05) is 36.2 Å². The molecule has 3 rings (SSSR count). The Morgan fingerprint density at radius 3 is 2.85 bits per heavy atom. The Bertz CT molecular complexity index is 823. The number of nitrogens with zero attached hydrogens (tertiary/aromatic N) is 5. The first-order chi connectivity index (χ1) is 12.5. The standard InChI is InChI=1S/C15H17ClN6O3S/c1-9(26-15-18-19-20-21(15)10-4-2-3-5-10)14(23)17-13-7-6-11(22(24)25)8-12(13)16/h6-10H,2-5H2,1H3,(H,17,23). The molecule has 0 spiro atoms. The van der Waals surface area contributed by atoms with E-state index < -0.39 is 10.2 Å². The Kier molecular flexibility index (Phi) is 5.72. The number of hydrogen-bond donors (Lipinski definition) is 1. The number of halogens is 1. The number of tetrazole rings is 1. The van der Waals surface area contributed by atoms with Gasteiger partial charge in [-0.05, 0) is 36.3 Å². The summed E-state index contributed by atoms with van der Waals surface area (Å²) in [6, 6.07) is 4.19. The molecule has 1 amide bonds. The van der Waals surface area contributed by atoms with Crippen LogP contribution in [0.25, 0.3) is 0 Å². The molecule has 11 heteroatoms. The Balaban J connectivity index is 1.65. The van der Waals surface area contributed by atoms with Crippen molar-refractivity contribution in [3.8, 4) is 0 Å². The van der Waals surface area contributed by atoms with E-state index in [-0.39, 0.29) is 22.7 Å². The second-order valence-electron chi connectivity index (χ2n) is 6.01. The average Bonchev–Trinajstić information content (AvgIpc) is 3.27. The van der Waals surface area contributed by atoms with Crippen molar-refractivity contribution in [1.29, 1.82) is 0 Å². The second-order valence-corrected chi connectivity index (χ2v) is 7.73. The van der Waals surface area contributed by atoms with Crippen molar-refractivity contribution >= 4 is 40.6 Å². The molecule has 1 fully saturated rings. The minimum Gasteiger partial charge on any atom is -0.324 e. The number of aromatic nitrogens is 4. The largest absolute Gasteiger partial charge is 0.324 e. The van der Waals surface area contributed by atoms with E-state index in [1.54, 1.807) is 11.6 Å². The summed E-state index contributed by atoms with van der Waals surface area (Å²) in [5.41, 5.74) is 0.191. The minimum atomic E-state index is -0.543. The predicted octanol–water partition coefficient (Wildman–Crippen LogP) is 3.47. The van der Waals surface area contributed by atoms with Gasteiger partial charge in [0.2, 0.25) is 11.1 Å². The van der Waals surface area contributed by atoms with Gasteiger partial charge in [0.25, 0.3) is 5.69 Å². The lowest BCUT2D eigenvalue weighted by atomic mass is 10.2. The van der Waals surface area contributed by atoms with Crippen LogP contribution in [0, 0.1) is 10.1 Å². The van der Waals surface area contributed by atoms with Crippen LogP contribution in [0.3, 0.4) is 0 Å². The number of thioether (sulfide) groups is 1. The van der Waals surface area contributed by atoms with Gasteiger partial charge in [0.05, 0.1) is 26.9 Å². The predicted molar refractivity (Wildman–Crippen MR) is 97.4 cm³/mol. The number of nitro benzene ring substituents is 1. The molecular weight excluding hydrogens is 380 g/mol. The van der Waals surface area contributed by atoms with Gasteiger partial charge < -0.3 is 5.32 Å². The number of non-ortho nitro benzene ring substituents is 1. The van der Waals surface area contributed by atoms with Gasteiger partial charge in [0.1, 0.15) is 0 Å². The lowest BCUT2D eigenvalue weighted by Crippen LogP contribution is -2.23. The van der Waals surface area contributed by atoms with Crippen molar-refractivity contribution in [3.05, 3.63) is 33.3 Å². The van der Waals surface area contributed by atoms with E-state index in [9.17, 15) is 14.9 Å². The Morgan fingerprint density at radius 1 is 1.46 bits per heavy atom. The number of benzene rings is 1. The van der Waals surface area contributed by atoms with Gasteiger partial charge in [-0.25, -0.2) is 4.68 Å². The van der Waals surface area contributed by atoms with E-state index in [2.05, 4.69) is 20.8 Å². The number of anilines is 1. The van der Waals surface area contributed by atoms with Crippen LogP contribution in [-0.4, -0.2) is 36.3 Å². The van der Waals surface area contributed by atoms with Gasteiger partial charge in [0.15, 0.2) is 0 Å². The molecule has 26 heavy (non-hydrogen) atoms. The first-order valence-corrected chi connectivity index (χ1v) is 9.41. The Morgan fingerprint density at radius 2 is 2.19 bits per heavy atom. The number of carbonyl (C=O) groups is 1. The topological polar surface area (TPSA) is 116 Å². The second kappa shape index (κ2) is 8.00. The number of rotatable bonds is 6. The maximum Gasteiger partial charge on any atom is 0.271 e. The SMILES string of the molecule is CC(Sc1nnnn1C1CCCC1)C(=O)Nc1ccc([N+](=O)[O-])cc1Cl. The van der Waals surface area contributed by atoms with Gasteiger partial charge in [-0.2, -0.15) is 0 Å². The number of nitro groups is 1. The lowest BCUT2D eigenvalue weighted by Gasteiger charge is -2.14. The zero-order chi connectivity index (χ0) is 18.7. The van der Waals surface area contributed by atoms with E-state index in [0.717, 1.165) is 25.7 Å². The third-order valence-corrected chi connectivity index (χ3v) is 5.57. The van der Waals surface area contributed by atoms with E-state index in [1.165, 1.54) is 30.0 Å². The number of nitrogens with one attached hydrogen (secondary N) is 1. The van der Waals surface area contributed by atoms with Crippen LogP contribution < -0.4 is 5.32 Å². The number of carbonyl (C=O) groups excluding carboxylic acids is 1. The van der Waals surface area contributed by atoms with Gasteiger partial charge in [-0.3, -0.25) is 14.9 Å². The summed E-state index contributed by atoms with van der Waals surface area (Å²) < 4.78 is 1.79. The fourth-order valence-electron chi connectivity index (χ4n) is 2.81. The highest BCUT2D eigenvalue weighted by Crippen LogP contribution is 2.33. The zero-order valence-corrected chi connectivity index (χ0v) is 15.5. The van der Waals surface area contributed by atoms with E-state index >= 15 is 0 Å². The van der Waals surface area contributed by atoms with E-state index in [0.29, 0.717) is 10.8 Å². The molecule has 1 aliphatic rings. The van der Waals surface area contributed by atoms with Crippen molar-refractivity contribution in [2.45, 2.75) is 49.1 Å². The summed E-state index contributed by atoms with van der Waals surface area (Å²) in [4.78, 5) is 22.6. The molecule has 2 aromatic rings.